The first-order chi connectivity index (χ1) is 14.6. The van der Waals surface area contributed by atoms with Crippen LogP contribution in [0.4, 0.5) is 0 Å². The third-order valence-corrected chi connectivity index (χ3v) is 5.72. The second-order valence-corrected chi connectivity index (χ2v) is 7.43. The number of amides is 1. The molecule has 0 spiro atoms. The summed E-state index contributed by atoms with van der Waals surface area (Å²) in [6, 6.07) is 17.8. The van der Waals surface area contributed by atoms with Crippen molar-refractivity contribution in [1.29, 1.82) is 0 Å². The van der Waals surface area contributed by atoms with E-state index in [0.29, 0.717) is 11.1 Å². The Morgan fingerprint density at radius 2 is 1.83 bits per heavy atom. The highest BCUT2D eigenvalue weighted by atomic mass is 16.4. The van der Waals surface area contributed by atoms with Crippen LogP contribution in [0.3, 0.4) is 0 Å². The van der Waals surface area contributed by atoms with Crippen molar-refractivity contribution in [3.05, 3.63) is 102 Å². The number of carboxylic acids is 1. The van der Waals surface area contributed by atoms with Gasteiger partial charge in [-0.25, -0.2) is 0 Å². The minimum absolute atomic E-state index is 0.178. The first kappa shape index (κ1) is 18.1. The fourth-order valence-electron chi connectivity index (χ4n) is 4.41. The predicted octanol–water partition coefficient (Wildman–Crippen LogP) is 4.13. The number of fused-ring (bicyclic) bond motifs is 2. The van der Waals surface area contributed by atoms with E-state index in [0.717, 1.165) is 22.0 Å². The average Bonchev–Trinajstić information content (AvgIpc) is 3.20. The monoisotopic (exact) mass is 397 g/mol. The maximum atomic E-state index is 13.5. The van der Waals surface area contributed by atoms with Crippen LogP contribution in [0.2, 0.25) is 0 Å². The highest BCUT2D eigenvalue weighted by Crippen LogP contribution is 2.45. The molecule has 6 nitrogen and oxygen atoms in total. The van der Waals surface area contributed by atoms with Crippen LogP contribution in [0.25, 0.3) is 10.9 Å². The third-order valence-electron chi connectivity index (χ3n) is 5.72. The van der Waals surface area contributed by atoms with Gasteiger partial charge < -0.3 is 15.0 Å². The zero-order valence-electron chi connectivity index (χ0n) is 16.0. The molecule has 2 aromatic heterocycles. The predicted molar refractivity (Wildman–Crippen MR) is 112 cm³/mol. The number of pyridine rings is 1. The number of rotatable bonds is 4. The molecular weight excluding hydrogens is 378 g/mol. The summed E-state index contributed by atoms with van der Waals surface area (Å²) in [5, 5.41) is 11.1. The van der Waals surface area contributed by atoms with Crippen LogP contribution in [0.5, 0.6) is 0 Å². The van der Waals surface area contributed by atoms with Gasteiger partial charge in [0.15, 0.2) is 0 Å². The molecule has 2 N–H and O–H groups in total. The highest BCUT2D eigenvalue weighted by molar-refractivity contribution is 6.01. The lowest BCUT2D eigenvalue weighted by Crippen LogP contribution is -2.44. The fraction of sp³-hybridized carbons (Fsp3) is 0.125. The third kappa shape index (κ3) is 2.85. The molecule has 148 valence electrons. The van der Waals surface area contributed by atoms with Crippen LogP contribution in [0, 0.1) is 0 Å². The first-order valence-corrected chi connectivity index (χ1v) is 9.73. The van der Waals surface area contributed by atoms with Gasteiger partial charge >= 0.3 is 5.97 Å². The molecule has 2 aromatic carbocycles. The summed E-state index contributed by atoms with van der Waals surface area (Å²) in [6.45, 7) is 0.273. The fourth-order valence-corrected chi connectivity index (χ4v) is 4.41. The van der Waals surface area contributed by atoms with E-state index in [1.807, 2.05) is 42.6 Å². The number of aliphatic carboxylic acids is 1. The zero-order chi connectivity index (χ0) is 20.7. The summed E-state index contributed by atoms with van der Waals surface area (Å²) in [6.07, 6.45) is 5.20. The normalized spacial score (nSPS) is 18.4. The van der Waals surface area contributed by atoms with Gasteiger partial charge in [-0.3, -0.25) is 14.6 Å². The number of aromatic nitrogens is 2. The number of nitrogens with one attached hydrogen (secondary N) is 1. The summed E-state index contributed by atoms with van der Waals surface area (Å²) in [5.74, 6) is -2.02. The molecule has 2 atom stereocenters. The van der Waals surface area contributed by atoms with Gasteiger partial charge in [-0.15, -0.1) is 0 Å². The number of aromatic amines is 1. The van der Waals surface area contributed by atoms with Crippen LogP contribution in [-0.2, 0) is 11.3 Å². The summed E-state index contributed by atoms with van der Waals surface area (Å²) in [5.41, 5.74) is 3.53. The number of hydrogen-bond donors (Lipinski definition) is 2. The van der Waals surface area contributed by atoms with Crippen molar-refractivity contribution in [2.75, 3.05) is 0 Å². The Bertz CT molecular complexity index is 1250. The molecule has 0 saturated heterocycles. The van der Waals surface area contributed by atoms with Gasteiger partial charge in [-0.2, -0.15) is 0 Å². The number of hydrogen-bond acceptors (Lipinski definition) is 3. The summed E-state index contributed by atoms with van der Waals surface area (Å²) < 4.78 is 0. The van der Waals surface area contributed by atoms with Crippen molar-refractivity contribution in [3.63, 3.8) is 0 Å². The lowest BCUT2D eigenvalue weighted by atomic mass is 9.79. The topological polar surface area (TPSA) is 86.3 Å². The van der Waals surface area contributed by atoms with Crippen molar-refractivity contribution >= 4 is 22.8 Å². The van der Waals surface area contributed by atoms with E-state index < -0.39 is 17.9 Å². The Balaban J connectivity index is 1.73. The lowest BCUT2D eigenvalue weighted by Gasteiger charge is -2.40. The second-order valence-electron chi connectivity index (χ2n) is 7.43. The molecule has 0 radical (unpaired) electrons. The van der Waals surface area contributed by atoms with Gasteiger partial charge in [0, 0.05) is 47.2 Å². The van der Waals surface area contributed by atoms with Crippen LogP contribution in [0.15, 0.2) is 79.3 Å². The Labute approximate surface area is 172 Å². The van der Waals surface area contributed by atoms with Crippen molar-refractivity contribution in [1.82, 2.24) is 14.9 Å². The smallest absolute Gasteiger partial charge is 0.313 e. The SMILES string of the molecule is O=C(O)C1c2ccccc2C(=O)N(Cc2cccnc2)C1c1c[nH]c2ccccc12. The van der Waals surface area contributed by atoms with Gasteiger partial charge in [0.1, 0.15) is 5.92 Å². The molecule has 1 aliphatic rings. The Morgan fingerprint density at radius 3 is 2.63 bits per heavy atom. The number of carbonyl (C=O) groups excluding carboxylic acids is 1. The Hall–Kier alpha value is -3.93. The maximum Gasteiger partial charge on any atom is 0.313 e. The van der Waals surface area contributed by atoms with E-state index in [4.69, 9.17) is 0 Å². The van der Waals surface area contributed by atoms with E-state index in [2.05, 4.69) is 9.97 Å². The van der Waals surface area contributed by atoms with Crippen molar-refractivity contribution in [2.24, 2.45) is 0 Å². The number of H-pyrrole nitrogens is 1. The van der Waals surface area contributed by atoms with Gasteiger partial charge in [-0.1, -0.05) is 42.5 Å². The van der Waals surface area contributed by atoms with Gasteiger partial charge in [0.05, 0.1) is 6.04 Å². The van der Waals surface area contributed by atoms with Gasteiger partial charge in [0.25, 0.3) is 5.91 Å². The number of benzene rings is 2. The molecule has 0 bridgehead atoms. The molecule has 5 rings (SSSR count). The van der Waals surface area contributed by atoms with Gasteiger partial charge in [-0.05, 0) is 29.3 Å². The zero-order valence-corrected chi connectivity index (χ0v) is 16.0. The molecule has 1 aliphatic heterocycles. The lowest BCUT2D eigenvalue weighted by molar-refractivity contribution is -0.140. The standard InChI is InChI=1S/C24H19N3O3/c28-23-18-9-2-1-8-17(18)21(24(29)30)22(27(23)14-15-6-5-11-25-12-15)19-13-26-20-10-4-3-7-16(19)20/h1-13,21-22,26H,14H2,(H,29,30). The van der Waals surface area contributed by atoms with Crippen molar-refractivity contribution < 1.29 is 14.7 Å². The van der Waals surface area contributed by atoms with Crippen LogP contribution < -0.4 is 0 Å². The van der Waals surface area contributed by atoms with Gasteiger partial charge in [0.2, 0.25) is 0 Å². The maximum absolute atomic E-state index is 13.5. The minimum Gasteiger partial charge on any atom is -0.481 e. The van der Waals surface area contributed by atoms with Crippen molar-refractivity contribution in [2.45, 2.75) is 18.5 Å². The number of nitrogens with zero attached hydrogens (tertiary/aromatic N) is 2. The molecule has 30 heavy (non-hydrogen) atoms. The average molecular weight is 397 g/mol. The molecule has 1 amide bonds. The number of para-hydroxylation sites is 1. The van der Waals surface area contributed by atoms with E-state index >= 15 is 0 Å². The van der Waals surface area contributed by atoms with E-state index in [-0.39, 0.29) is 12.5 Å². The highest BCUT2D eigenvalue weighted by Gasteiger charge is 2.45. The molecule has 0 fully saturated rings. The Morgan fingerprint density at radius 1 is 1.03 bits per heavy atom. The molecule has 6 heteroatoms. The van der Waals surface area contributed by atoms with E-state index in [1.165, 1.54) is 0 Å². The Kier molecular flexibility index (Phi) is 4.32. The van der Waals surface area contributed by atoms with Crippen molar-refractivity contribution in [3.8, 4) is 0 Å². The largest absolute Gasteiger partial charge is 0.481 e. The van der Waals surface area contributed by atoms with Crippen LogP contribution in [0.1, 0.15) is 39.0 Å². The second kappa shape index (κ2) is 7.15. The van der Waals surface area contributed by atoms with Crippen LogP contribution in [-0.4, -0.2) is 31.9 Å². The molecule has 2 unspecified atom stereocenters. The van der Waals surface area contributed by atoms with Crippen LogP contribution >= 0.6 is 0 Å². The van der Waals surface area contributed by atoms with E-state index in [1.54, 1.807) is 41.6 Å². The number of carbonyl (C=O) groups is 2. The van der Waals surface area contributed by atoms with E-state index in [9.17, 15) is 14.7 Å². The molecule has 4 aromatic rings. The minimum atomic E-state index is -0.957. The number of carboxylic acid groups (broad SMARTS) is 1. The molecule has 0 aliphatic carbocycles. The molecule has 0 saturated carbocycles. The summed E-state index contributed by atoms with van der Waals surface area (Å²) >= 11 is 0. The molecule has 3 heterocycles. The quantitative estimate of drug-likeness (QED) is 0.542. The summed E-state index contributed by atoms with van der Waals surface area (Å²) in [4.78, 5) is 35.1. The summed E-state index contributed by atoms with van der Waals surface area (Å²) in [7, 11) is 0. The molecular formula is C24H19N3O3. The first-order valence-electron chi connectivity index (χ1n) is 9.73.